The maximum atomic E-state index is 12.2. The van der Waals surface area contributed by atoms with Crippen LogP contribution in [0.2, 0.25) is 0 Å². The molecule has 0 aromatic heterocycles. The molecule has 16 nitrogen and oxygen atoms in total. The number of likely N-dealkylation sites (tertiary alicyclic amines) is 3. The third kappa shape index (κ3) is 21.3. The van der Waals surface area contributed by atoms with Gasteiger partial charge in [-0.3, -0.25) is 62.6 Å². The summed E-state index contributed by atoms with van der Waals surface area (Å²) in [6, 6.07) is 0. The number of carbonyl (C=O) groups is 10. The standard InChI is InChI=1S/C19H32N2O6.C16H27NO3.C13H21NO3.CH4/c1-13(2)15-11-18(24)21(19(15)25)7-5-17(23)20-6-8-26-9-10-27-12-16(22)14(3)4;1-11(2)13-10-15(19)17(16(13)20)9-7-5-6-8-14(18)12(3)4;1-8(2)10-7-12(16)14(13(10)17)6-5-11(15)9(3)4;/h13-15H,5-12H2,1-4H3,(H,20,23);11-13H,5-10H2,1-4H3;8-10H,5-7H2,1-4H3;1H4. The van der Waals surface area contributed by atoms with Crippen LogP contribution >= 0.6 is 0 Å². The molecule has 3 saturated heterocycles. The predicted molar refractivity (Wildman–Crippen MR) is 248 cm³/mol. The van der Waals surface area contributed by atoms with Crippen molar-refractivity contribution in [3.8, 4) is 0 Å². The van der Waals surface area contributed by atoms with Crippen LogP contribution in [0.3, 0.4) is 0 Å². The Balaban J connectivity index is 0.000000966. The van der Waals surface area contributed by atoms with Crippen molar-refractivity contribution >= 4 is 58.7 Å². The molecule has 3 aliphatic heterocycles. The van der Waals surface area contributed by atoms with E-state index >= 15 is 0 Å². The average molecular weight is 921 g/mol. The summed E-state index contributed by atoms with van der Waals surface area (Å²) in [5, 5.41) is 2.69. The fraction of sp³-hybridized carbons (Fsp3) is 0.796. The Morgan fingerprint density at radius 1 is 0.492 bits per heavy atom. The number of Topliss-reactive ketones (excluding diaryl/α,β-unsaturated/α-hetero) is 3. The number of hydrogen-bond acceptors (Lipinski definition) is 12. The highest BCUT2D eigenvalue weighted by atomic mass is 16.5. The molecule has 7 amide bonds. The molecule has 3 heterocycles. The van der Waals surface area contributed by atoms with E-state index in [1.165, 1.54) is 14.7 Å². The Bertz CT molecular complexity index is 1600. The fourth-order valence-electron chi connectivity index (χ4n) is 7.06. The quantitative estimate of drug-likeness (QED) is 0.0800. The smallest absolute Gasteiger partial charge is 0.233 e. The molecular formula is C49H84N4O12. The van der Waals surface area contributed by atoms with E-state index < -0.39 is 0 Å². The minimum absolute atomic E-state index is 0. The van der Waals surface area contributed by atoms with Crippen LogP contribution in [0.25, 0.3) is 0 Å². The van der Waals surface area contributed by atoms with Crippen molar-refractivity contribution < 1.29 is 57.4 Å². The topological polar surface area (TPSA) is 211 Å². The zero-order valence-corrected chi connectivity index (χ0v) is 41.0. The van der Waals surface area contributed by atoms with Crippen molar-refractivity contribution in [2.75, 3.05) is 52.6 Å². The second kappa shape index (κ2) is 30.9. The number of nitrogens with one attached hydrogen (secondary N) is 1. The van der Waals surface area contributed by atoms with Crippen molar-refractivity contribution in [1.29, 1.82) is 0 Å². The second-order valence-corrected chi connectivity index (χ2v) is 19.0. The Kier molecular flexibility index (Phi) is 28.9. The number of rotatable bonds is 26. The highest BCUT2D eigenvalue weighted by Gasteiger charge is 2.41. The third-order valence-corrected chi connectivity index (χ3v) is 11.8. The molecule has 1 N–H and O–H groups in total. The minimum Gasteiger partial charge on any atom is -0.377 e. The molecule has 3 rings (SSSR count). The number of unbranched alkanes of at least 4 members (excludes halogenated alkanes) is 2. The van der Waals surface area contributed by atoms with E-state index in [-0.39, 0.29) is 158 Å². The first-order valence-corrected chi connectivity index (χ1v) is 23.4. The van der Waals surface area contributed by atoms with Crippen molar-refractivity contribution in [2.45, 2.75) is 148 Å². The normalized spacial score (nSPS) is 18.6. The van der Waals surface area contributed by atoms with Gasteiger partial charge < -0.3 is 14.8 Å². The summed E-state index contributed by atoms with van der Waals surface area (Å²) in [7, 11) is 0. The average Bonchev–Trinajstić information content (AvgIpc) is 3.80. The molecule has 0 aromatic carbocycles. The Labute approximate surface area is 389 Å². The zero-order valence-electron chi connectivity index (χ0n) is 41.0. The molecule has 0 aliphatic carbocycles. The van der Waals surface area contributed by atoms with E-state index in [9.17, 15) is 47.9 Å². The van der Waals surface area contributed by atoms with E-state index in [0.29, 0.717) is 52.2 Å². The lowest BCUT2D eigenvalue weighted by atomic mass is 9.94. The van der Waals surface area contributed by atoms with Crippen LogP contribution in [-0.4, -0.2) is 126 Å². The summed E-state index contributed by atoms with van der Waals surface area (Å²) in [4.78, 5) is 122. The van der Waals surface area contributed by atoms with E-state index in [2.05, 4.69) is 5.32 Å². The minimum atomic E-state index is -0.271. The molecule has 3 aliphatic rings. The van der Waals surface area contributed by atoms with Crippen molar-refractivity contribution in [2.24, 2.45) is 53.3 Å². The number of hydrogen-bond donors (Lipinski definition) is 1. The van der Waals surface area contributed by atoms with Gasteiger partial charge in [0.25, 0.3) is 0 Å². The molecule has 65 heavy (non-hydrogen) atoms. The van der Waals surface area contributed by atoms with Gasteiger partial charge in [0.15, 0.2) is 5.78 Å². The molecular weight excluding hydrogens is 837 g/mol. The lowest BCUT2D eigenvalue weighted by Gasteiger charge is -2.16. The summed E-state index contributed by atoms with van der Waals surface area (Å²) >= 11 is 0. The van der Waals surface area contributed by atoms with E-state index in [0.717, 1.165) is 19.3 Å². The van der Waals surface area contributed by atoms with Crippen molar-refractivity contribution in [3.63, 3.8) is 0 Å². The summed E-state index contributed by atoms with van der Waals surface area (Å²) in [5.74, 6) is -0.527. The van der Waals surface area contributed by atoms with Gasteiger partial charge in [0.2, 0.25) is 41.4 Å². The number of carbonyl (C=O) groups excluding carboxylic acids is 10. The number of amides is 7. The van der Waals surface area contributed by atoms with Crippen LogP contribution in [0.15, 0.2) is 0 Å². The van der Waals surface area contributed by atoms with Gasteiger partial charge in [-0.1, -0.05) is 96.9 Å². The number of ether oxygens (including phenoxy) is 2. The molecule has 0 spiro atoms. The van der Waals surface area contributed by atoms with Gasteiger partial charge >= 0.3 is 0 Å². The van der Waals surface area contributed by atoms with Crippen LogP contribution in [0.5, 0.6) is 0 Å². The lowest BCUT2D eigenvalue weighted by molar-refractivity contribution is -0.142. The van der Waals surface area contributed by atoms with E-state index in [1.54, 1.807) is 0 Å². The molecule has 3 unspecified atom stereocenters. The number of imide groups is 3. The number of ketones is 3. The molecule has 0 radical (unpaired) electrons. The zero-order chi connectivity index (χ0) is 48.8. The van der Waals surface area contributed by atoms with Gasteiger partial charge in [-0.2, -0.15) is 0 Å². The summed E-state index contributed by atoms with van der Waals surface area (Å²) in [6.45, 7) is 25.1. The first-order valence-electron chi connectivity index (χ1n) is 23.4. The molecule has 16 heteroatoms. The molecule has 0 aromatic rings. The van der Waals surface area contributed by atoms with Gasteiger partial charge in [-0.25, -0.2) is 0 Å². The maximum Gasteiger partial charge on any atom is 0.233 e. The molecule has 3 atom stereocenters. The first kappa shape index (κ1) is 60.8. The van der Waals surface area contributed by atoms with Crippen LogP contribution in [0, 0.1) is 53.3 Å². The van der Waals surface area contributed by atoms with Gasteiger partial charge in [0, 0.05) is 100 Å². The molecule has 3 fully saturated rings. The fourth-order valence-corrected chi connectivity index (χ4v) is 7.06. The van der Waals surface area contributed by atoms with Crippen LogP contribution in [0.1, 0.15) is 148 Å². The Hall–Kier alpha value is -4.18. The summed E-state index contributed by atoms with van der Waals surface area (Å²) < 4.78 is 10.5. The SMILES string of the molecule is C.CC(C)C(=O)CCCCCN1C(=O)CC(C(C)C)C1=O.CC(C)C(=O)CCN1C(=O)CC(C(C)C)C1=O.CC(C)C(=O)COCCOCCNC(=O)CCN1C(=O)CC(C(C)C)C1=O. The predicted octanol–water partition coefficient (Wildman–Crippen LogP) is 5.85. The van der Waals surface area contributed by atoms with Gasteiger partial charge in [-0.05, 0) is 30.6 Å². The van der Waals surface area contributed by atoms with Gasteiger partial charge in [-0.15, -0.1) is 0 Å². The third-order valence-electron chi connectivity index (χ3n) is 11.8. The van der Waals surface area contributed by atoms with Crippen LogP contribution in [-0.2, 0) is 57.4 Å². The van der Waals surface area contributed by atoms with Gasteiger partial charge in [0.1, 0.15) is 18.2 Å². The molecule has 372 valence electrons. The van der Waals surface area contributed by atoms with Crippen LogP contribution < -0.4 is 5.32 Å². The summed E-state index contributed by atoms with van der Waals surface area (Å²) in [5.41, 5.74) is 0. The first-order chi connectivity index (χ1) is 29.9. The lowest BCUT2D eigenvalue weighted by Crippen LogP contribution is -2.36. The number of nitrogens with zero attached hydrogens (tertiary/aromatic N) is 3. The summed E-state index contributed by atoms with van der Waals surface area (Å²) in [6.07, 6.45) is 4.40. The van der Waals surface area contributed by atoms with Crippen molar-refractivity contribution in [1.82, 2.24) is 20.0 Å². The molecule has 0 saturated carbocycles. The highest BCUT2D eigenvalue weighted by Crippen LogP contribution is 2.28. The van der Waals surface area contributed by atoms with Crippen molar-refractivity contribution in [3.05, 3.63) is 0 Å². The molecule has 0 bridgehead atoms. The monoisotopic (exact) mass is 921 g/mol. The van der Waals surface area contributed by atoms with E-state index in [4.69, 9.17) is 9.47 Å². The van der Waals surface area contributed by atoms with E-state index in [1.807, 2.05) is 83.1 Å². The largest absolute Gasteiger partial charge is 0.377 e. The maximum absolute atomic E-state index is 12.2. The van der Waals surface area contributed by atoms with Gasteiger partial charge in [0.05, 0.1) is 19.8 Å². The Morgan fingerprint density at radius 3 is 1.28 bits per heavy atom. The Morgan fingerprint density at radius 2 is 0.877 bits per heavy atom. The highest BCUT2D eigenvalue weighted by molar-refractivity contribution is 6.05. The second-order valence-electron chi connectivity index (χ2n) is 19.0. The van der Waals surface area contributed by atoms with Crippen LogP contribution in [0.4, 0.5) is 0 Å².